The third-order valence-electron chi connectivity index (χ3n) is 1.91. The van der Waals surface area contributed by atoms with Crippen LogP contribution in [0.4, 0.5) is 0 Å². The van der Waals surface area contributed by atoms with Crippen molar-refractivity contribution >= 4 is 11.9 Å². The lowest BCUT2D eigenvalue weighted by Gasteiger charge is -2.11. The number of carbonyl (C=O) groups is 2. The van der Waals surface area contributed by atoms with Crippen LogP contribution in [-0.2, 0) is 9.59 Å². The first-order valence-corrected chi connectivity index (χ1v) is 4.90. The van der Waals surface area contributed by atoms with E-state index in [1.54, 1.807) is 6.92 Å². The second-order valence-corrected chi connectivity index (χ2v) is 3.22. The Morgan fingerprint density at radius 3 is 2.53 bits per heavy atom. The van der Waals surface area contributed by atoms with E-state index in [0.717, 1.165) is 0 Å². The number of aliphatic carboxylic acids is 1. The molecule has 0 aliphatic carbocycles. The molecule has 0 aromatic heterocycles. The molecule has 0 heterocycles. The molecule has 5 heteroatoms. The van der Waals surface area contributed by atoms with E-state index < -0.39 is 5.97 Å². The fourth-order valence-electron chi connectivity index (χ4n) is 0.896. The Kier molecular flexibility index (Phi) is 6.37. The van der Waals surface area contributed by atoms with Crippen molar-refractivity contribution in [2.24, 2.45) is 0 Å². The quantitative estimate of drug-likeness (QED) is 0.549. The highest BCUT2D eigenvalue weighted by atomic mass is 16.4. The van der Waals surface area contributed by atoms with Gasteiger partial charge < -0.3 is 15.7 Å². The standard InChI is InChI=1S/C10H18N2O3/c1-4-11-9(13)8(3)12-6-5-7(2)10(14)15/h5,8,12H,4,6H2,1-3H3,(H,11,13)(H,14,15)/b7-5-. The molecule has 0 fully saturated rings. The van der Waals surface area contributed by atoms with Gasteiger partial charge in [-0.15, -0.1) is 0 Å². The molecule has 0 rings (SSSR count). The Labute approximate surface area is 89.6 Å². The topological polar surface area (TPSA) is 78.4 Å². The minimum atomic E-state index is -0.942. The van der Waals surface area contributed by atoms with Crippen molar-refractivity contribution in [3.8, 4) is 0 Å². The molecule has 0 aliphatic rings. The Hall–Kier alpha value is -1.36. The van der Waals surface area contributed by atoms with Crippen LogP contribution in [0.25, 0.3) is 0 Å². The van der Waals surface area contributed by atoms with Crippen LogP contribution in [0.5, 0.6) is 0 Å². The van der Waals surface area contributed by atoms with E-state index in [0.29, 0.717) is 13.1 Å². The number of amides is 1. The molecule has 0 saturated carbocycles. The first-order valence-electron chi connectivity index (χ1n) is 4.90. The number of carboxylic acids is 1. The second-order valence-electron chi connectivity index (χ2n) is 3.22. The minimum Gasteiger partial charge on any atom is -0.478 e. The molecule has 15 heavy (non-hydrogen) atoms. The predicted octanol–water partition coefficient (Wildman–Crippen LogP) is 0.132. The molecule has 5 nitrogen and oxygen atoms in total. The molecular formula is C10H18N2O3. The zero-order chi connectivity index (χ0) is 11.8. The maximum absolute atomic E-state index is 11.2. The lowest BCUT2D eigenvalue weighted by molar-refractivity contribution is -0.132. The SMILES string of the molecule is CCNC(=O)C(C)NC/C=C(/C)C(=O)O. The Morgan fingerprint density at radius 1 is 1.47 bits per heavy atom. The molecule has 1 amide bonds. The highest BCUT2D eigenvalue weighted by Crippen LogP contribution is 1.90. The smallest absolute Gasteiger partial charge is 0.330 e. The van der Waals surface area contributed by atoms with Crippen LogP contribution in [0, 0.1) is 0 Å². The molecule has 3 N–H and O–H groups in total. The fourth-order valence-corrected chi connectivity index (χ4v) is 0.896. The van der Waals surface area contributed by atoms with Crippen molar-refractivity contribution in [2.75, 3.05) is 13.1 Å². The summed E-state index contributed by atoms with van der Waals surface area (Å²) in [4.78, 5) is 21.7. The maximum Gasteiger partial charge on any atom is 0.330 e. The van der Waals surface area contributed by atoms with E-state index in [-0.39, 0.29) is 17.5 Å². The summed E-state index contributed by atoms with van der Waals surface area (Å²) in [5.41, 5.74) is 0.269. The van der Waals surface area contributed by atoms with Crippen LogP contribution in [0.3, 0.4) is 0 Å². The number of hydrogen-bond donors (Lipinski definition) is 3. The Morgan fingerprint density at radius 2 is 2.07 bits per heavy atom. The molecule has 0 saturated heterocycles. The summed E-state index contributed by atoms with van der Waals surface area (Å²) >= 11 is 0. The average Bonchev–Trinajstić information content (AvgIpc) is 2.17. The normalized spacial score (nSPS) is 13.4. The number of nitrogens with one attached hydrogen (secondary N) is 2. The third kappa shape index (κ3) is 5.85. The molecular weight excluding hydrogens is 196 g/mol. The van der Waals surface area contributed by atoms with Gasteiger partial charge in [-0.25, -0.2) is 4.79 Å². The molecule has 1 atom stereocenters. The van der Waals surface area contributed by atoms with Gasteiger partial charge in [0.15, 0.2) is 0 Å². The van der Waals surface area contributed by atoms with Gasteiger partial charge >= 0.3 is 5.97 Å². The van der Waals surface area contributed by atoms with Crippen molar-refractivity contribution in [3.63, 3.8) is 0 Å². The highest BCUT2D eigenvalue weighted by Gasteiger charge is 2.09. The molecule has 0 radical (unpaired) electrons. The fraction of sp³-hybridized carbons (Fsp3) is 0.600. The van der Waals surface area contributed by atoms with Crippen LogP contribution < -0.4 is 10.6 Å². The van der Waals surface area contributed by atoms with E-state index in [9.17, 15) is 9.59 Å². The van der Waals surface area contributed by atoms with Gasteiger partial charge in [0.05, 0.1) is 6.04 Å². The largest absolute Gasteiger partial charge is 0.478 e. The predicted molar refractivity (Wildman–Crippen MR) is 57.5 cm³/mol. The van der Waals surface area contributed by atoms with Crippen LogP contribution in [0.15, 0.2) is 11.6 Å². The number of hydrogen-bond acceptors (Lipinski definition) is 3. The van der Waals surface area contributed by atoms with Crippen molar-refractivity contribution in [2.45, 2.75) is 26.8 Å². The van der Waals surface area contributed by atoms with Gasteiger partial charge in [-0.2, -0.15) is 0 Å². The number of rotatable bonds is 6. The van der Waals surface area contributed by atoms with E-state index in [4.69, 9.17) is 5.11 Å². The van der Waals surface area contributed by atoms with E-state index >= 15 is 0 Å². The molecule has 0 aliphatic heterocycles. The lowest BCUT2D eigenvalue weighted by atomic mass is 10.2. The van der Waals surface area contributed by atoms with E-state index in [2.05, 4.69) is 10.6 Å². The van der Waals surface area contributed by atoms with Crippen LogP contribution in [-0.4, -0.2) is 36.1 Å². The second kappa shape index (κ2) is 7.00. The van der Waals surface area contributed by atoms with Gasteiger partial charge in [0.1, 0.15) is 0 Å². The van der Waals surface area contributed by atoms with E-state index in [1.165, 1.54) is 13.0 Å². The van der Waals surface area contributed by atoms with Gasteiger partial charge in [0.2, 0.25) is 5.91 Å². The molecule has 0 spiro atoms. The Bertz CT molecular complexity index is 261. The zero-order valence-electron chi connectivity index (χ0n) is 9.33. The molecule has 0 bridgehead atoms. The van der Waals surface area contributed by atoms with Crippen LogP contribution in [0.2, 0.25) is 0 Å². The Balaban J connectivity index is 3.91. The van der Waals surface area contributed by atoms with Gasteiger partial charge in [-0.05, 0) is 20.8 Å². The van der Waals surface area contributed by atoms with Crippen LogP contribution >= 0.6 is 0 Å². The minimum absolute atomic E-state index is 0.0844. The number of carbonyl (C=O) groups excluding carboxylic acids is 1. The van der Waals surface area contributed by atoms with Crippen LogP contribution in [0.1, 0.15) is 20.8 Å². The molecule has 0 aromatic rings. The summed E-state index contributed by atoms with van der Waals surface area (Å²) in [7, 11) is 0. The van der Waals surface area contributed by atoms with Crippen molar-refractivity contribution < 1.29 is 14.7 Å². The monoisotopic (exact) mass is 214 g/mol. The van der Waals surface area contributed by atoms with Gasteiger partial charge in [0.25, 0.3) is 0 Å². The summed E-state index contributed by atoms with van der Waals surface area (Å²) in [5, 5.41) is 14.1. The van der Waals surface area contributed by atoms with Crippen molar-refractivity contribution in [3.05, 3.63) is 11.6 Å². The highest BCUT2D eigenvalue weighted by molar-refractivity contribution is 5.85. The van der Waals surface area contributed by atoms with Gasteiger partial charge in [-0.1, -0.05) is 6.08 Å². The summed E-state index contributed by atoms with van der Waals surface area (Å²) in [6.45, 7) is 6.06. The summed E-state index contributed by atoms with van der Waals surface area (Å²) in [6.07, 6.45) is 1.54. The van der Waals surface area contributed by atoms with Crippen molar-refractivity contribution in [1.82, 2.24) is 10.6 Å². The first-order chi connectivity index (χ1) is 6.99. The number of carboxylic acid groups (broad SMARTS) is 1. The molecule has 1 unspecified atom stereocenters. The molecule has 0 aromatic carbocycles. The van der Waals surface area contributed by atoms with Gasteiger partial charge in [-0.3, -0.25) is 4.79 Å². The van der Waals surface area contributed by atoms with Crippen molar-refractivity contribution in [1.29, 1.82) is 0 Å². The summed E-state index contributed by atoms with van der Waals surface area (Å²) < 4.78 is 0. The van der Waals surface area contributed by atoms with Gasteiger partial charge in [0, 0.05) is 18.7 Å². The molecule has 86 valence electrons. The maximum atomic E-state index is 11.2. The van der Waals surface area contributed by atoms with E-state index in [1.807, 2.05) is 6.92 Å². The zero-order valence-corrected chi connectivity index (χ0v) is 9.33. The number of likely N-dealkylation sites (N-methyl/N-ethyl adjacent to an activating group) is 1. The first kappa shape index (κ1) is 13.6. The summed E-state index contributed by atoms with van der Waals surface area (Å²) in [5.74, 6) is -1.03. The summed E-state index contributed by atoms with van der Waals surface area (Å²) in [6, 6.07) is -0.317. The average molecular weight is 214 g/mol. The lowest BCUT2D eigenvalue weighted by Crippen LogP contribution is -2.42. The third-order valence-corrected chi connectivity index (χ3v) is 1.91.